The molecule has 0 radical (unpaired) electrons. The minimum absolute atomic E-state index is 0.153. The Morgan fingerprint density at radius 3 is 2.22 bits per heavy atom. The van der Waals surface area contributed by atoms with Gasteiger partial charge in [-0.3, -0.25) is 9.59 Å². The van der Waals surface area contributed by atoms with Gasteiger partial charge in [0.15, 0.2) is 0 Å². The lowest BCUT2D eigenvalue weighted by molar-refractivity contribution is -0.114. The van der Waals surface area contributed by atoms with Gasteiger partial charge >= 0.3 is 0 Å². The van der Waals surface area contributed by atoms with E-state index in [-0.39, 0.29) is 18.4 Å². The first-order chi connectivity index (χ1) is 15.4. The molecule has 6 nitrogen and oxygen atoms in total. The molecular weight excluding hydrogens is 428 g/mol. The topological polar surface area (TPSA) is 76.7 Å². The van der Waals surface area contributed by atoms with Gasteiger partial charge in [-0.2, -0.15) is 0 Å². The lowest BCUT2D eigenvalue weighted by Gasteiger charge is -2.14. The molecule has 0 aromatic heterocycles. The van der Waals surface area contributed by atoms with Crippen LogP contribution in [-0.2, 0) is 11.4 Å². The third kappa shape index (κ3) is 6.25. The fourth-order valence-corrected chi connectivity index (χ4v) is 3.16. The maximum Gasteiger partial charge on any atom is 0.255 e. The van der Waals surface area contributed by atoms with Crippen molar-refractivity contribution in [2.24, 2.45) is 0 Å². The number of benzene rings is 3. The molecule has 0 fully saturated rings. The number of halogens is 1. The van der Waals surface area contributed by atoms with Gasteiger partial charge in [0.1, 0.15) is 18.1 Å². The Hall–Kier alpha value is -3.51. The van der Waals surface area contributed by atoms with Crippen LogP contribution in [0.4, 0.5) is 11.4 Å². The van der Waals surface area contributed by atoms with E-state index < -0.39 is 0 Å². The molecular formula is C25H25ClN2O4. The number of hydrogen-bond donors (Lipinski definition) is 2. The average Bonchev–Trinajstić information content (AvgIpc) is 2.76. The van der Waals surface area contributed by atoms with Crippen molar-refractivity contribution in [3.63, 3.8) is 0 Å². The summed E-state index contributed by atoms with van der Waals surface area (Å²) in [4.78, 5) is 23.9. The summed E-state index contributed by atoms with van der Waals surface area (Å²) in [6, 6.07) is 17.6. The third-order valence-electron chi connectivity index (χ3n) is 4.61. The van der Waals surface area contributed by atoms with Crippen molar-refractivity contribution in [2.75, 3.05) is 17.2 Å². The van der Waals surface area contributed by atoms with Gasteiger partial charge in [-0.25, -0.2) is 0 Å². The number of hydrogen-bond acceptors (Lipinski definition) is 4. The smallest absolute Gasteiger partial charge is 0.255 e. The normalized spacial score (nSPS) is 10.4. The van der Waals surface area contributed by atoms with Crippen molar-refractivity contribution in [2.45, 2.75) is 27.4 Å². The van der Waals surface area contributed by atoms with Crippen LogP contribution in [0, 0.1) is 6.92 Å². The molecule has 0 heterocycles. The number of ether oxygens (including phenoxy) is 2. The highest BCUT2D eigenvalue weighted by molar-refractivity contribution is 6.31. The number of carbonyl (C=O) groups is 2. The molecule has 0 atom stereocenters. The molecule has 0 bridgehead atoms. The van der Waals surface area contributed by atoms with E-state index in [2.05, 4.69) is 10.6 Å². The largest absolute Gasteiger partial charge is 0.493 e. The number of amides is 2. The second kappa shape index (κ2) is 10.7. The zero-order chi connectivity index (χ0) is 23.1. The van der Waals surface area contributed by atoms with E-state index >= 15 is 0 Å². The Bertz CT molecular complexity index is 1110. The Morgan fingerprint density at radius 1 is 0.906 bits per heavy atom. The first kappa shape index (κ1) is 23.2. The molecule has 0 aliphatic rings. The van der Waals surface area contributed by atoms with Gasteiger partial charge in [0.25, 0.3) is 5.91 Å². The minimum Gasteiger partial charge on any atom is -0.493 e. The molecule has 7 heteroatoms. The van der Waals surface area contributed by atoms with Crippen LogP contribution in [0.5, 0.6) is 11.5 Å². The van der Waals surface area contributed by atoms with Gasteiger partial charge in [0, 0.05) is 34.4 Å². The standard InChI is InChI=1S/C25H25ClN2O4/c1-4-31-24-12-5-18(14-19(24)15-32-22-10-11-23(26)16(2)13-22)25(30)28-21-8-6-20(7-9-21)27-17(3)29/h5-14H,4,15H2,1-3H3,(H,27,29)(H,28,30). The van der Waals surface area contributed by atoms with Crippen molar-refractivity contribution >= 4 is 34.8 Å². The summed E-state index contributed by atoms with van der Waals surface area (Å²) in [5.74, 6) is 0.932. The van der Waals surface area contributed by atoms with Crippen molar-refractivity contribution < 1.29 is 19.1 Å². The van der Waals surface area contributed by atoms with Gasteiger partial charge in [-0.1, -0.05) is 11.6 Å². The van der Waals surface area contributed by atoms with Crippen LogP contribution in [0.2, 0.25) is 5.02 Å². The van der Waals surface area contributed by atoms with E-state index in [1.54, 1.807) is 54.6 Å². The Labute approximate surface area is 192 Å². The quantitative estimate of drug-likeness (QED) is 0.450. The van der Waals surface area contributed by atoms with Crippen LogP contribution in [0.1, 0.15) is 35.3 Å². The average molecular weight is 453 g/mol. The highest BCUT2D eigenvalue weighted by atomic mass is 35.5. The van der Waals surface area contributed by atoms with Gasteiger partial charge in [0.2, 0.25) is 5.91 Å². The fraction of sp³-hybridized carbons (Fsp3) is 0.200. The zero-order valence-corrected chi connectivity index (χ0v) is 19.0. The highest BCUT2D eigenvalue weighted by Gasteiger charge is 2.12. The Kier molecular flexibility index (Phi) is 7.73. The van der Waals surface area contributed by atoms with Crippen molar-refractivity contribution in [3.8, 4) is 11.5 Å². The number of carbonyl (C=O) groups excluding carboxylic acids is 2. The van der Waals surface area contributed by atoms with Crippen LogP contribution < -0.4 is 20.1 Å². The molecule has 3 rings (SSSR count). The second-order valence-electron chi connectivity index (χ2n) is 7.17. The summed E-state index contributed by atoms with van der Waals surface area (Å²) in [5, 5.41) is 6.22. The third-order valence-corrected chi connectivity index (χ3v) is 5.03. The SMILES string of the molecule is CCOc1ccc(C(=O)Nc2ccc(NC(C)=O)cc2)cc1COc1ccc(Cl)c(C)c1. The van der Waals surface area contributed by atoms with E-state index in [1.165, 1.54) is 6.92 Å². The number of anilines is 2. The maximum absolute atomic E-state index is 12.8. The molecule has 166 valence electrons. The molecule has 0 saturated carbocycles. The molecule has 0 spiro atoms. The number of aryl methyl sites for hydroxylation is 1. The maximum atomic E-state index is 12.8. The lowest BCUT2D eigenvalue weighted by Crippen LogP contribution is -2.13. The molecule has 0 saturated heterocycles. The first-order valence-corrected chi connectivity index (χ1v) is 10.6. The monoisotopic (exact) mass is 452 g/mol. The van der Waals surface area contributed by atoms with E-state index in [9.17, 15) is 9.59 Å². The molecule has 0 aliphatic carbocycles. The predicted octanol–water partition coefficient (Wildman–Crippen LogP) is 5.84. The molecule has 0 aliphatic heterocycles. The van der Waals surface area contributed by atoms with Crippen LogP contribution in [0.25, 0.3) is 0 Å². The van der Waals surface area contributed by atoms with Gasteiger partial charge in [0.05, 0.1) is 6.61 Å². The van der Waals surface area contributed by atoms with Gasteiger partial charge in [-0.05, 0) is 80.1 Å². The summed E-state index contributed by atoms with van der Waals surface area (Å²) in [6.45, 7) is 5.99. The van der Waals surface area contributed by atoms with Gasteiger partial charge in [-0.15, -0.1) is 0 Å². The van der Waals surface area contributed by atoms with E-state index in [4.69, 9.17) is 21.1 Å². The summed E-state index contributed by atoms with van der Waals surface area (Å²) < 4.78 is 11.6. The molecule has 0 unspecified atom stereocenters. The van der Waals surface area contributed by atoms with Crippen LogP contribution in [0.15, 0.2) is 60.7 Å². The molecule has 2 N–H and O–H groups in total. The second-order valence-corrected chi connectivity index (χ2v) is 7.58. The predicted molar refractivity (Wildman–Crippen MR) is 127 cm³/mol. The van der Waals surface area contributed by atoms with Crippen LogP contribution in [-0.4, -0.2) is 18.4 Å². The van der Waals surface area contributed by atoms with Crippen molar-refractivity contribution in [3.05, 3.63) is 82.4 Å². The van der Waals surface area contributed by atoms with Crippen molar-refractivity contribution in [1.29, 1.82) is 0 Å². The first-order valence-electron chi connectivity index (χ1n) is 10.2. The highest BCUT2D eigenvalue weighted by Crippen LogP contribution is 2.26. The summed E-state index contributed by atoms with van der Waals surface area (Å²) in [6.07, 6.45) is 0. The summed E-state index contributed by atoms with van der Waals surface area (Å²) in [7, 11) is 0. The summed E-state index contributed by atoms with van der Waals surface area (Å²) >= 11 is 6.08. The number of nitrogens with one attached hydrogen (secondary N) is 2. The lowest BCUT2D eigenvalue weighted by atomic mass is 10.1. The Balaban J connectivity index is 1.74. The Morgan fingerprint density at radius 2 is 1.59 bits per heavy atom. The molecule has 2 amide bonds. The van der Waals surface area contributed by atoms with Crippen molar-refractivity contribution in [1.82, 2.24) is 0 Å². The van der Waals surface area contributed by atoms with E-state index in [1.807, 2.05) is 19.9 Å². The van der Waals surface area contributed by atoms with E-state index in [0.717, 1.165) is 11.1 Å². The summed E-state index contributed by atoms with van der Waals surface area (Å²) in [5.41, 5.74) is 3.44. The number of rotatable bonds is 8. The van der Waals surface area contributed by atoms with E-state index in [0.29, 0.717) is 40.1 Å². The van der Waals surface area contributed by atoms with Crippen LogP contribution >= 0.6 is 11.6 Å². The van der Waals surface area contributed by atoms with Crippen LogP contribution in [0.3, 0.4) is 0 Å². The molecule has 32 heavy (non-hydrogen) atoms. The van der Waals surface area contributed by atoms with Gasteiger partial charge < -0.3 is 20.1 Å². The molecule has 3 aromatic carbocycles. The zero-order valence-electron chi connectivity index (χ0n) is 18.2. The fourth-order valence-electron chi connectivity index (χ4n) is 3.04. The minimum atomic E-state index is -0.260. The molecule has 3 aromatic rings.